The SMILES string of the molecule is COc1cc(/C=N/OCC(=O)Nc2ccc(Cl)cc2)ccc1OCc1ccccc1F. The van der Waals surface area contributed by atoms with Crippen LogP contribution in [0.3, 0.4) is 0 Å². The maximum atomic E-state index is 13.7. The molecule has 0 unspecified atom stereocenters. The second-order valence-electron chi connectivity index (χ2n) is 6.35. The average Bonchev–Trinajstić information content (AvgIpc) is 2.78. The van der Waals surface area contributed by atoms with Gasteiger partial charge in [-0.2, -0.15) is 0 Å². The van der Waals surface area contributed by atoms with Gasteiger partial charge in [-0.1, -0.05) is 35.0 Å². The van der Waals surface area contributed by atoms with Crippen LogP contribution in [0, 0.1) is 5.82 Å². The molecule has 1 N–H and O–H groups in total. The fourth-order valence-electron chi connectivity index (χ4n) is 2.58. The third-order valence-electron chi connectivity index (χ3n) is 4.13. The van der Waals surface area contributed by atoms with Crippen molar-refractivity contribution in [2.75, 3.05) is 19.0 Å². The summed E-state index contributed by atoms with van der Waals surface area (Å²) in [6, 6.07) is 18.2. The summed E-state index contributed by atoms with van der Waals surface area (Å²) in [7, 11) is 1.50. The summed E-state index contributed by atoms with van der Waals surface area (Å²) in [6.45, 7) is -0.178. The van der Waals surface area contributed by atoms with E-state index in [9.17, 15) is 9.18 Å². The molecule has 6 nitrogen and oxygen atoms in total. The minimum atomic E-state index is -0.353. The van der Waals surface area contributed by atoms with Crippen LogP contribution in [0.1, 0.15) is 11.1 Å². The number of hydrogen-bond donors (Lipinski definition) is 1. The van der Waals surface area contributed by atoms with Gasteiger partial charge in [0.25, 0.3) is 5.91 Å². The van der Waals surface area contributed by atoms with Crippen LogP contribution in [0.25, 0.3) is 0 Å². The highest BCUT2D eigenvalue weighted by atomic mass is 35.5. The lowest BCUT2D eigenvalue weighted by Crippen LogP contribution is -2.16. The number of anilines is 1. The molecule has 0 radical (unpaired) electrons. The van der Waals surface area contributed by atoms with Crippen molar-refractivity contribution < 1.29 is 23.5 Å². The molecule has 1 amide bonds. The standard InChI is InChI=1S/C23H20ClFN2O4/c1-29-22-12-16(6-11-21(22)30-14-17-4-2-3-5-20(17)25)13-26-31-15-23(28)27-19-9-7-18(24)8-10-19/h2-13H,14-15H2,1H3,(H,27,28)/b26-13+. The third-order valence-corrected chi connectivity index (χ3v) is 4.38. The van der Waals surface area contributed by atoms with Crippen LogP contribution in [-0.4, -0.2) is 25.8 Å². The number of rotatable bonds is 9. The number of benzene rings is 3. The Hall–Kier alpha value is -3.58. The normalized spacial score (nSPS) is 10.7. The van der Waals surface area contributed by atoms with E-state index in [1.54, 1.807) is 60.7 Å². The minimum absolute atomic E-state index is 0.0717. The van der Waals surface area contributed by atoms with Gasteiger partial charge < -0.3 is 19.6 Å². The molecule has 0 atom stereocenters. The lowest BCUT2D eigenvalue weighted by molar-refractivity contribution is -0.120. The maximum Gasteiger partial charge on any atom is 0.265 e. The highest BCUT2D eigenvalue weighted by molar-refractivity contribution is 6.30. The molecule has 0 fully saturated rings. The quantitative estimate of drug-likeness (QED) is 0.371. The molecule has 3 rings (SSSR count). The molecule has 0 saturated carbocycles. The van der Waals surface area contributed by atoms with E-state index in [2.05, 4.69) is 10.5 Å². The van der Waals surface area contributed by atoms with E-state index in [4.69, 9.17) is 25.9 Å². The van der Waals surface area contributed by atoms with Crippen LogP contribution in [0.15, 0.2) is 71.9 Å². The van der Waals surface area contributed by atoms with Crippen LogP contribution < -0.4 is 14.8 Å². The number of ether oxygens (including phenoxy) is 2. The average molecular weight is 443 g/mol. The zero-order valence-electron chi connectivity index (χ0n) is 16.7. The molecule has 3 aromatic carbocycles. The number of methoxy groups -OCH3 is 1. The van der Waals surface area contributed by atoms with Gasteiger partial charge in [-0.25, -0.2) is 4.39 Å². The Balaban J connectivity index is 1.51. The van der Waals surface area contributed by atoms with Crippen LogP contribution >= 0.6 is 11.6 Å². The van der Waals surface area contributed by atoms with Crippen LogP contribution in [-0.2, 0) is 16.2 Å². The van der Waals surface area contributed by atoms with Crippen molar-refractivity contribution in [1.29, 1.82) is 0 Å². The van der Waals surface area contributed by atoms with Gasteiger partial charge in [-0.05, 0) is 48.5 Å². The lowest BCUT2D eigenvalue weighted by Gasteiger charge is -2.11. The molecule has 0 aromatic heterocycles. The van der Waals surface area contributed by atoms with Crippen LogP contribution in [0.2, 0.25) is 5.02 Å². The van der Waals surface area contributed by atoms with Gasteiger partial charge in [-0.15, -0.1) is 0 Å². The number of nitrogens with zero attached hydrogens (tertiary/aromatic N) is 1. The van der Waals surface area contributed by atoms with E-state index in [0.717, 1.165) is 0 Å². The van der Waals surface area contributed by atoms with Crippen molar-refractivity contribution in [3.05, 3.63) is 88.7 Å². The van der Waals surface area contributed by atoms with Gasteiger partial charge in [0.2, 0.25) is 0 Å². The Bertz CT molecular complexity index is 1060. The number of hydrogen-bond acceptors (Lipinski definition) is 5. The first-order chi connectivity index (χ1) is 15.0. The first-order valence-electron chi connectivity index (χ1n) is 9.30. The number of amides is 1. The largest absolute Gasteiger partial charge is 0.493 e. The van der Waals surface area contributed by atoms with Crippen LogP contribution in [0.4, 0.5) is 10.1 Å². The Labute approximate surface area is 184 Å². The number of oxime groups is 1. The zero-order chi connectivity index (χ0) is 22.1. The predicted octanol–water partition coefficient (Wildman–Crippen LogP) is 5.06. The highest BCUT2D eigenvalue weighted by Gasteiger charge is 2.08. The van der Waals surface area contributed by atoms with E-state index in [1.165, 1.54) is 19.4 Å². The summed E-state index contributed by atoms with van der Waals surface area (Å²) < 4.78 is 24.7. The molecule has 0 bridgehead atoms. The Kier molecular flexibility index (Phi) is 7.84. The maximum absolute atomic E-state index is 13.7. The molecular weight excluding hydrogens is 423 g/mol. The van der Waals surface area contributed by atoms with E-state index >= 15 is 0 Å². The number of nitrogens with one attached hydrogen (secondary N) is 1. The second kappa shape index (κ2) is 11.0. The van der Waals surface area contributed by atoms with Crippen molar-refractivity contribution in [3.8, 4) is 11.5 Å². The molecule has 8 heteroatoms. The Morgan fingerprint density at radius 1 is 1.10 bits per heavy atom. The Morgan fingerprint density at radius 2 is 1.87 bits per heavy atom. The summed E-state index contributed by atoms with van der Waals surface area (Å²) in [5.41, 5.74) is 1.73. The number of halogens is 2. The third kappa shape index (κ3) is 6.72. The predicted molar refractivity (Wildman–Crippen MR) is 117 cm³/mol. The van der Waals surface area contributed by atoms with E-state index < -0.39 is 0 Å². The van der Waals surface area contributed by atoms with Gasteiger partial charge >= 0.3 is 0 Å². The first kappa shape index (κ1) is 22.1. The fraction of sp³-hybridized carbons (Fsp3) is 0.130. The molecule has 160 valence electrons. The molecule has 0 aliphatic carbocycles. The molecule has 0 aliphatic heterocycles. The summed E-state index contributed by atoms with van der Waals surface area (Å²) in [5.74, 6) is 0.239. The first-order valence-corrected chi connectivity index (χ1v) is 9.68. The van der Waals surface area contributed by atoms with Gasteiger partial charge in [0.15, 0.2) is 18.1 Å². The summed E-state index contributed by atoms with van der Waals surface area (Å²) in [4.78, 5) is 16.9. The number of carbonyl (C=O) groups is 1. The topological polar surface area (TPSA) is 69.2 Å². The van der Waals surface area contributed by atoms with Crippen molar-refractivity contribution in [3.63, 3.8) is 0 Å². The van der Waals surface area contributed by atoms with Gasteiger partial charge in [0, 0.05) is 21.8 Å². The van der Waals surface area contributed by atoms with Gasteiger partial charge in [0.05, 0.1) is 13.3 Å². The number of carbonyl (C=O) groups excluding carboxylic acids is 1. The van der Waals surface area contributed by atoms with E-state index in [1.807, 2.05) is 0 Å². The minimum Gasteiger partial charge on any atom is -0.493 e. The van der Waals surface area contributed by atoms with Crippen molar-refractivity contribution >= 4 is 29.4 Å². The summed E-state index contributed by atoms with van der Waals surface area (Å²) >= 11 is 5.80. The Morgan fingerprint density at radius 3 is 2.61 bits per heavy atom. The second-order valence-corrected chi connectivity index (χ2v) is 6.79. The molecule has 0 spiro atoms. The van der Waals surface area contributed by atoms with Crippen LogP contribution in [0.5, 0.6) is 11.5 Å². The molecule has 0 aliphatic rings. The van der Waals surface area contributed by atoms with Gasteiger partial charge in [-0.3, -0.25) is 4.79 Å². The molecule has 3 aromatic rings. The zero-order valence-corrected chi connectivity index (χ0v) is 17.4. The molecule has 0 heterocycles. The summed E-state index contributed by atoms with van der Waals surface area (Å²) in [6.07, 6.45) is 1.44. The van der Waals surface area contributed by atoms with Crippen molar-refractivity contribution in [2.24, 2.45) is 5.16 Å². The summed E-state index contributed by atoms with van der Waals surface area (Å²) in [5, 5.41) is 7.04. The van der Waals surface area contributed by atoms with Gasteiger partial charge in [0.1, 0.15) is 12.4 Å². The lowest BCUT2D eigenvalue weighted by atomic mass is 10.2. The monoisotopic (exact) mass is 442 g/mol. The molecule has 31 heavy (non-hydrogen) atoms. The fourth-order valence-corrected chi connectivity index (χ4v) is 2.70. The van der Waals surface area contributed by atoms with E-state index in [-0.39, 0.29) is 24.9 Å². The smallest absolute Gasteiger partial charge is 0.265 e. The highest BCUT2D eigenvalue weighted by Crippen LogP contribution is 2.28. The van der Waals surface area contributed by atoms with E-state index in [0.29, 0.717) is 33.3 Å². The van der Waals surface area contributed by atoms with Crippen molar-refractivity contribution in [2.45, 2.75) is 6.61 Å². The molecular formula is C23H20ClFN2O4. The molecule has 0 saturated heterocycles. The van der Waals surface area contributed by atoms with Crippen molar-refractivity contribution in [1.82, 2.24) is 0 Å².